The highest BCUT2D eigenvalue weighted by Crippen LogP contribution is 2.33. The molecule has 1 atom stereocenters. The minimum Gasteiger partial charge on any atom is -0.445 e. The van der Waals surface area contributed by atoms with E-state index in [0.29, 0.717) is 24.2 Å². The van der Waals surface area contributed by atoms with Gasteiger partial charge in [0.15, 0.2) is 0 Å². The van der Waals surface area contributed by atoms with Gasteiger partial charge in [0.2, 0.25) is 0 Å². The molecule has 0 aliphatic carbocycles. The number of carbonyl (C=O) groups is 2. The van der Waals surface area contributed by atoms with Crippen molar-refractivity contribution >= 4 is 22.8 Å². The van der Waals surface area contributed by atoms with Gasteiger partial charge < -0.3 is 15.0 Å². The molecule has 0 aromatic heterocycles. The van der Waals surface area contributed by atoms with Crippen molar-refractivity contribution in [3.8, 4) is 11.1 Å². The van der Waals surface area contributed by atoms with Crippen LogP contribution in [0.5, 0.6) is 0 Å². The lowest BCUT2D eigenvalue weighted by atomic mass is 9.92. The molecule has 0 saturated carbocycles. The number of nitrogens with zero attached hydrogens (tertiary/aromatic N) is 1. The van der Waals surface area contributed by atoms with Crippen molar-refractivity contribution < 1.29 is 27.5 Å². The molecule has 4 aromatic carbocycles. The fourth-order valence-corrected chi connectivity index (χ4v) is 4.71. The predicted molar refractivity (Wildman–Crippen MR) is 143 cm³/mol. The molecule has 1 aliphatic rings. The molecule has 5 nitrogen and oxygen atoms in total. The van der Waals surface area contributed by atoms with Gasteiger partial charge in [0.25, 0.3) is 5.91 Å². The van der Waals surface area contributed by atoms with Gasteiger partial charge >= 0.3 is 12.3 Å². The van der Waals surface area contributed by atoms with Gasteiger partial charge in [0, 0.05) is 30.6 Å². The molecule has 1 heterocycles. The number of nitrogens with one attached hydrogen (secondary N) is 1. The standard InChI is InChI=1S/C31H27F3N2O3/c1-20(25-17-36(18-25)30(38)39-19-21-6-3-2-4-7-21)35-29(37)24-12-15-28-23(16-24)8-5-9-27(28)22-10-13-26(14-11-22)31(32,33)34/h2-16,20,25H,17-19H2,1H3,(H,35,37)/t20-/m1/s1. The first-order chi connectivity index (χ1) is 18.7. The van der Waals surface area contributed by atoms with Gasteiger partial charge in [-0.2, -0.15) is 13.2 Å². The van der Waals surface area contributed by atoms with Gasteiger partial charge in [-0.1, -0.05) is 66.7 Å². The van der Waals surface area contributed by atoms with Gasteiger partial charge in [-0.15, -0.1) is 0 Å². The summed E-state index contributed by atoms with van der Waals surface area (Å²) >= 11 is 0. The van der Waals surface area contributed by atoms with E-state index in [9.17, 15) is 22.8 Å². The zero-order valence-electron chi connectivity index (χ0n) is 21.2. The molecule has 1 aliphatic heterocycles. The van der Waals surface area contributed by atoms with Crippen LogP contribution in [0.3, 0.4) is 0 Å². The number of alkyl halides is 3. The van der Waals surface area contributed by atoms with E-state index in [0.717, 1.165) is 34.0 Å². The third-order valence-electron chi connectivity index (χ3n) is 7.10. The summed E-state index contributed by atoms with van der Waals surface area (Å²) in [5, 5.41) is 4.67. The SMILES string of the molecule is C[C@@H](NC(=O)c1ccc2c(-c3ccc(C(F)(F)F)cc3)cccc2c1)C1CN(C(=O)OCc2ccccc2)C1. The second-order valence-electron chi connectivity index (χ2n) is 9.78. The monoisotopic (exact) mass is 532 g/mol. The van der Waals surface area contributed by atoms with Crippen molar-refractivity contribution in [3.05, 3.63) is 108 Å². The molecule has 1 N–H and O–H groups in total. The van der Waals surface area contributed by atoms with Crippen molar-refractivity contribution in [3.63, 3.8) is 0 Å². The molecule has 4 aromatic rings. The number of carbonyl (C=O) groups excluding carboxylic acids is 2. The first-order valence-electron chi connectivity index (χ1n) is 12.7. The third-order valence-corrected chi connectivity index (χ3v) is 7.10. The van der Waals surface area contributed by atoms with E-state index in [-0.39, 0.29) is 30.6 Å². The van der Waals surface area contributed by atoms with Crippen LogP contribution >= 0.6 is 0 Å². The number of rotatable bonds is 6. The van der Waals surface area contributed by atoms with E-state index < -0.39 is 11.7 Å². The highest BCUT2D eigenvalue weighted by molar-refractivity contribution is 6.02. The summed E-state index contributed by atoms with van der Waals surface area (Å²) in [6.07, 6.45) is -4.76. The van der Waals surface area contributed by atoms with Crippen LogP contribution in [0.15, 0.2) is 91.0 Å². The molecule has 0 bridgehead atoms. The quantitative estimate of drug-likeness (QED) is 0.294. The van der Waals surface area contributed by atoms with Crippen molar-refractivity contribution in [1.29, 1.82) is 0 Å². The number of hydrogen-bond acceptors (Lipinski definition) is 3. The molecule has 0 spiro atoms. The highest BCUT2D eigenvalue weighted by atomic mass is 19.4. The number of fused-ring (bicyclic) bond motifs is 1. The third kappa shape index (κ3) is 5.90. The summed E-state index contributed by atoms with van der Waals surface area (Å²) in [5.74, 6) is -0.112. The second kappa shape index (κ2) is 10.8. The normalized spacial score (nSPS) is 14.5. The van der Waals surface area contributed by atoms with Gasteiger partial charge in [-0.3, -0.25) is 4.79 Å². The Morgan fingerprint density at radius 2 is 1.67 bits per heavy atom. The lowest BCUT2D eigenvalue weighted by molar-refractivity contribution is -0.137. The minimum atomic E-state index is -4.39. The molecule has 0 unspecified atom stereocenters. The Balaban J connectivity index is 1.19. The Morgan fingerprint density at radius 3 is 2.36 bits per heavy atom. The van der Waals surface area contributed by atoms with Crippen LogP contribution in [0.25, 0.3) is 21.9 Å². The maximum atomic E-state index is 13.0. The maximum Gasteiger partial charge on any atom is 0.416 e. The number of benzene rings is 4. The summed E-state index contributed by atoms with van der Waals surface area (Å²) < 4.78 is 44.2. The molecular weight excluding hydrogens is 505 g/mol. The van der Waals surface area contributed by atoms with Gasteiger partial charge in [-0.25, -0.2) is 4.79 Å². The molecule has 8 heteroatoms. The van der Waals surface area contributed by atoms with Crippen LogP contribution in [0, 0.1) is 5.92 Å². The van der Waals surface area contributed by atoms with E-state index in [1.54, 1.807) is 17.0 Å². The van der Waals surface area contributed by atoms with E-state index in [4.69, 9.17) is 4.74 Å². The van der Waals surface area contributed by atoms with Gasteiger partial charge in [-0.05, 0) is 58.7 Å². The van der Waals surface area contributed by atoms with Crippen LogP contribution in [0.4, 0.5) is 18.0 Å². The van der Waals surface area contributed by atoms with Crippen LogP contribution in [0.1, 0.15) is 28.4 Å². The largest absolute Gasteiger partial charge is 0.445 e. The number of likely N-dealkylation sites (tertiary alicyclic amines) is 1. The summed E-state index contributed by atoms with van der Waals surface area (Å²) in [6.45, 7) is 3.14. The molecule has 39 heavy (non-hydrogen) atoms. The smallest absolute Gasteiger partial charge is 0.416 e. The van der Waals surface area contributed by atoms with Crippen LogP contribution in [0.2, 0.25) is 0 Å². The predicted octanol–water partition coefficient (Wildman–Crippen LogP) is 6.91. The summed E-state index contributed by atoms with van der Waals surface area (Å²) in [5.41, 5.74) is 2.16. The fraction of sp³-hybridized carbons (Fsp3) is 0.226. The van der Waals surface area contributed by atoms with Crippen LogP contribution < -0.4 is 5.32 Å². The Labute approximate surface area is 224 Å². The molecule has 1 saturated heterocycles. The topological polar surface area (TPSA) is 58.6 Å². The summed E-state index contributed by atoms with van der Waals surface area (Å²) in [4.78, 5) is 26.9. The van der Waals surface area contributed by atoms with Gasteiger partial charge in [0.1, 0.15) is 6.61 Å². The lowest BCUT2D eigenvalue weighted by Gasteiger charge is -2.41. The summed E-state index contributed by atoms with van der Waals surface area (Å²) in [7, 11) is 0. The molecule has 5 rings (SSSR count). The van der Waals surface area contributed by atoms with Gasteiger partial charge in [0.05, 0.1) is 5.56 Å². The van der Waals surface area contributed by atoms with Crippen LogP contribution in [-0.2, 0) is 17.5 Å². The Hall–Kier alpha value is -4.33. The van der Waals surface area contributed by atoms with E-state index >= 15 is 0 Å². The van der Waals surface area contributed by atoms with Crippen molar-refractivity contribution in [2.24, 2.45) is 5.92 Å². The Bertz CT molecular complexity index is 1480. The van der Waals surface area contributed by atoms with Crippen LogP contribution in [-0.4, -0.2) is 36.0 Å². The van der Waals surface area contributed by atoms with Crippen molar-refractivity contribution in [2.75, 3.05) is 13.1 Å². The zero-order chi connectivity index (χ0) is 27.6. The molecule has 0 radical (unpaired) electrons. The molecule has 1 fully saturated rings. The Morgan fingerprint density at radius 1 is 0.949 bits per heavy atom. The number of hydrogen-bond donors (Lipinski definition) is 1. The number of ether oxygens (including phenoxy) is 1. The Kier molecular flexibility index (Phi) is 7.28. The number of halogens is 3. The second-order valence-corrected chi connectivity index (χ2v) is 9.78. The highest BCUT2D eigenvalue weighted by Gasteiger charge is 2.36. The van der Waals surface area contributed by atoms with Crippen molar-refractivity contribution in [1.82, 2.24) is 10.2 Å². The maximum absolute atomic E-state index is 13.0. The average Bonchev–Trinajstić information content (AvgIpc) is 2.90. The van der Waals surface area contributed by atoms with E-state index in [2.05, 4.69) is 5.32 Å². The molecule has 200 valence electrons. The number of amides is 2. The molecule has 2 amide bonds. The van der Waals surface area contributed by atoms with E-state index in [1.807, 2.05) is 61.5 Å². The zero-order valence-corrected chi connectivity index (χ0v) is 21.2. The van der Waals surface area contributed by atoms with Crippen molar-refractivity contribution in [2.45, 2.75) is 25.7 Å². The minimum absolute atomic E-state index is 0.116. The molecular formula is C31H27F3N2O3. The lowest BCUT2D eigenvalue weighted by Crippen LogP contribution is -2.57. The summed E-state index contributed by atoms with van der Waals surface area (Å²) in [6, 6.07) is 25.2. The van der Waals surface area contributed by atoms with E-state index in [1.165, 1.54) is 12.1 Å². The fourth-order valence-electron chi connectivity index (χ4n) is 4.71. The first kappa shape index (κ1) is 26.3. The first-order valence-corrected chi connectivity index (χ1v) is 12.7. The average molecular weight is 533 g/mol.